The van der Waals surface area contributed by atoms with Gasteiger partial charge in [-0.1, -0.05) is 33.3 Å². The number of nitrogens with one attached hydrogen (secondary N) is 1. The predicted molar refractivity (Wildman–Crippen MR) is 146 cm³/mol. The van der Waals surface area contributed by atoms with Crippen LogP contribution in [-0.4, -0.2) is 57.9 Å². The van der Waals surface area contributed by atoms with Crippen LogP contribution in [0.2, 0.25) is 0 Å². The van der Waals surface area contributed by atoms with Crippen LogP contribution in [-0.2, 0) is 28.7 Å². The standard InChI is InChI=1S/C31H45NO8/c1-18(2)15-24(28(37)38)32-26(35)7-8-27(36)40-17-25(34)31(39)14-11-23-21-6-5-19-16-20(33)9-12-29(19,3)22(21)10-13-30(23,31)4/h16,18,21-24,39H,5-15,17H2,1-4H3,(H,32,35)(H,37,38)/t21-,22+,23+,24-,29+,30+,31+/m1/s1. The molecule has 0 aromatic heterocycles. The number of Topliss-reactive ketones (excluding diaryl/α,β-unsaturated/α-hetero) is 1. The Bertz CT molecular complexity index is 1100. The molecule has 7 atom stereocenters. The minimum Gasteiger partial charge on any atom is -0.480 e. The highest BCUT2D eigenvalue weighted by atomic mass is 16.5. The fourth-order valence-corrected chi connectivity index (χ4v) is 8.55. The van der Waals surface area contributed by atoms with Crippen LogP contribution in [0.15, 0.2) is 11.6 Å². The summed E-state index contributed by atoms with van der Waals surface area (Å²) in [6.07, 6.45) is 7.57. The van der Waals surface area contributed by atoms with Crippen molar-refractivity contribution in [3.8, 4) is 0 Å². The van der Waals surface area contributed by atoms with Crippen LogP contribution in [0, 0.1) is 34.5 Å². The van der Waals surface area contributed by atoms with Gasteiger partial charge in [0.1, 0.15) is 11.6 Å². The fourth-order valence-electron chi connectivity index (χ4n) is 8.55. The van der Waals surface area contributed by atoms with Crippen molar-refractivity contribution in [3.05, 3.63) is 11.6 Å². The van der Waals surface area contributed by atoms with Crippen molar-refractivity contribution in [3.63, 3.8) is 0 Å². The van der Waals surface area contributed by atoms with E-state index in [4.69, 9.17) is 4.74 Å². The Labute approximate surface area is 236 Å². The number of rotatable bonds is 10. The lowest BCUT2D eigenvalue weighted by Gasteiger charge is -2.58. The van der Waals surface area contributed by atoms with Crippen molar-refractivity contribution in [1.82, 2.24) is 5.32 Å². The lowest BCUT2D eigenvalue weighted by atomic mass is 9.46. The Morgan fingerprint density at radius 1 is 1.02 bits per heavy atom. The third-order valence-corrected chi connectivity index (χ3v) is 10.8. The molecule has 4 aliphatic rings. The number of esters is 1. The van der Waals surface area contributed by atoms with Gasteiger partial charge in [0.05, 0.1) is 6.42 Å². The second kappa shape index (κ2) is 11.4. The molecule has 222 valence electrons. The molecule has 0 aliphatic heterocycles. The zero-order valence-corrected chi connectivity index (χ0v) is 24.3. The molecule has 0 saturated heterocycles. The van der Waals surface area contributed by atoms with Crippen LogP contribution < -0.4 is 5.32 Å². The summed E-state index contributed by atoms with van der Waals surface area (Å²) in [5.41, 5.74) is -0.908. The van der Waals surface area contributed by atoms with Crippen molar-refractivity contribution < 1.29 is 38.9 Å². The molecular formula is C31H45NO8. The van der Waals surface area contributed by atoms with E-state index in [1.807, 2.05) is 26.8 Å². The summed E-state index contributed by atoms with van der Waals surface area (Å²) in [6.45, 7) is 7.46. The van der Waals surface area contributed by atoms with Crippen molar-refractivity contribution >= 4 is 29.4 Å². The monoisotopic (exact) mass is 559 g/mol. The summed E-state index contributed by atoms with van der Waals surface area (Å²) in [4.78, 5) is 61.3. The molecule has 9 nitrogen and oxygen atoms in total. The second-order valence-corrected chi connectivity index (χ2v) is 13.5. The topological polar surface area (TPSA) is 147 Å². The number of ketones is 2. The molecule has 4 aliphatic carbocycles. The quantitative estimate of drug-likeness (QED) is 0.343. The predicted octanol–water partition coefficient (Wildman–Crippen LogP) is 3.76. The number of carboxylic acid groups (broad SMARTS) is 1. The van der Waals surface area contributed by atoms with Gasteiger partial charge in [-0.3, -0.25) is 19.2 Å². The van der Waals surface area contributed by atoms with E-state index in [9.17, 15) is 34.2 Å². The molecule has 0 radical (unpaired) electrons. The molecular weight excluding hydrogens is 514 g/mol. The number of hydrogen-bond donors (Lipinski definition) is 3. The Kier molecular flexibility index (Phi) is 8.65. The molecule has 3 N–H and O–H groups in total. The molecule has 1 amide bonds. The van der Waals surface area contributed by atoms with Crippen molar-refractivity contribution in [1.29, 1.82) is 0 Å². The number of hydrogen-bond acceptors (Lipinski definition) is 7. The number of carbonyl (C=O) groups is 5. The van der Waals surface area contributed by atoms with Gasteiger partial charge in [-0.15, -0.1) is 0 Å². The third kappa shape index (κ3) is 5.50. The van der Waals surface area contributed by atoms with Gasteiger partial charge in [-0.25, -0.2) is 4.79 Å². The van der Waals surface area contributed by atoms with Crippen LogP contribution in [0.5, 0.6) is 0 Å². The minimum atomic E-state index is -1.58. The molecule has 3 fully saturated rings. The molecule has 0 spiro atoms. The zero-order chi connectivity index (χ0) is 29.5. The lowest BCUT2D eigenvalue weighted by Crippen LogP contribution is -2.58. The van der Waals surface area contributed by atoms with Gasteiger partial charge < -0.3 is 20.3 Å². The average Bonchev–Trinajstić information content (AvgIpc) is 3.17. The lowest BCUT2D eigenvalue weighted by molar-refractivity contribution is -0.170. The number of carbonyl (C=O) groups excluding carboxylic acids is 4. The van der Waals surface area contributed by atoms with Gasteiger partial charge in [0, 0.05) is 18.3 Å². The first-order valence-electron chi connectivity index (χ1n) is 14.9. The summed E-state index contributed by atoms with van der Waals surface area (Å²) in [6, 6.07) is -1.03. The Morgan fingerprint density at radius 2 is 1.73 bits per heavy atom. The Balaban J connectivity index is 1.33. The third-order valence-electron chi connectivity index (χ3n) is 10.8. The first-order valence-corrected chi connectivity index (χ1v) is 14.9. The van der Waals surface area contributed by atoms with E-state index in [0.29, 0.717) is 31.1 Å². The van der Waals surface area contributed by atoms with Gasteiger partial charge in [0.15, 0.2) is 12.4 Å². The summed E-state index contributed by atoms with van der Waals surface area (Å²) in [5.74, 6) is -1.65. The number of aliphatic hydroxyl groups is 1. The van der Waals surface area contributed by atoms with Crippen LogP contribution in [0.4, 0.5) is 0 Å². The number of carboxylic acids is 1. The highest BCUT2D eigenvalue weighted by molar-refractivity contribution is 5.92. The van der Waals surface area contributed by atoms with Gasteiger partial charge in [0.2, 0.25) is 11.7 Å². The van der Waals surface area contributed by atoms with E-state index < -0.39 is 47.3 Å². The normalized spacial score (nSPS) is 35.6. The highest BCUT2D eigenvalue weighted by Gasteiger charge is 2.66. The molecule has 3 saturated carbocycles. The molecule has 4 rings (SSSR count). The molecule has 0 heterocycles. The number of fused-ring (bicyclic) bond motifs is 5. The summed E-state index contributed by atoms with van der Waals surface area (Å²) >= 11 is 0. The fraction of sp³-hybridized carbons (Fsp3) is 0.774. The maximum atomic E-state index is 13.4. The summed E-state index contributed by atoms with van der Waals surface area (Å²) in [7, 11) is 0. The van der Waals surface area contributed by atoms with Gasteiger partial charge in [-0.2, -0.15) is 0 Å². The Morgan fingerprint density at radius 3 is 2.40 bits per heavy atom. The van der Waals surface area contributed by atoms with Gasteiger partial charge >= 0.3 is 11.9 Å². The molecule has 9 heteroatoms. The number of allylic oxidation sites excluding steroid dienone is 1. The first-order chi connectivity index (χ1) is 18.7. The van der Waals surface area contributed by atoms with Crippen LogP contribution in [0.3, 0.4) is 0 Å². The molecule has 0 aromatic carbocycles. The number of ether oxygens (including phenoxy) is 1. The molecule has 40 heavy (non-hydrogen) atoms. The van der Waals surface area contributed by atoms with E-state index in [2.05, 4.69) is 12.2 Å². The minimum absolute atomic E-state index is 0.00393. The van der Waals surface area contributed by atoms with E-state index in [0.717, 1.165) is 32.1 Å². The Hall–Kier alpha value is -2.55. The van der Waals surface area contributed by atoms with Gasteiger partial charge in [0.25, 0.3) is 0 Å². The van der Waals surface area contributed by atoms with Crippen LogP contribution in [0.1, 0.15) is 98.3 Å². The first kappa shape index (κ1) is 30.4. The molecule has 0 unspecified atom stereocenters. The van der Waals surface area contributed by atoms with E-state index >= 15 is 0 Å². The van der Waals surface area contributed by atoms with Crippen LogP contribution >= 0.6 is 0 Å². The summed E-state index contributed by atoms with van der Waals surface area (Å²) in [5, 5.41) is 23.5. The van der Waals surface area contributed by atoms with Crippen LogP contribution in [0.25, 0.3) is 0 Å². The molecule has 0 bridgehead atoms. The van der Waals surface area contributed by atoms with Crippen molar-refractivity contribution in [2.45, 2.75) is 110 Å². The van der Waals surface area contributed by atoms with E-state index in [1.54, 1.807) is 0 Å². The SMILES string of the molecule is CC(C)C[C@@H](NC(=O)CCC(=O)OCC(=O)[C@@]1(O)CC[C@H]2[C@@H]3CCC4=CC(=O)CC[C@]4(C)[C@H]3CC[C@@]21C)C(=O)O. The van der Waals surface area contributed by atoms with E-state index in [-0.39, 0.29) is 42.3 Å². The number of aliphatic carboxylic acids is 1. The average molecular weight is 560 g/mol. The van der Waals surface area contributed by atoms with E-state index in [1.165, 1.54) is 5.57 Å². The maximum absolute atomic E-state index is 13.4. The number of amides is 1. The second-order valence-electron chi connectivity index (χ2n) is 13.5. The zero-order valence-electron chi connectivity index (χ0n) is 24.3. The smallest absolute Gasteiger partial charge is 0.326 e. The highest BCUT2D eigenvalue weighted by Crippen LogP contribution is 2.67. The van der Waals surface area contributed by atoms with Crippen molar-refractivity contribution in [2.75, 3.05) is 6.61 Å². The maximum Gasteiger partial charge on any atom is 0.326 e. The molecule has 0 aromatic rings. The van der Waals surface area contributed by atoms with Crippen molar-refractivity contribution in [2.24, 2.45) is 34.5 Å². The largest absolute Gasteiger partial charge is 0.480 e. The summed E-state index contributed by atoms with van der Waals surface area (Å²) < 4.78 is 5.19. The van der Waals surface area contributed by atoms with Gasteiger partial charge in [-0.05, 0) is 86.5 Å².